The van der Waals surface area contributed by atoms with E-state index in [0.29, 0.717) is 0 Å². The smallest absolute Gasteiger partial charge is 0.415 e. The largest absolute Gasteiger partial charge is 0.537 e. The molecule has 0 saturated carbocycles. The van der Waals surface area contributed by atoms with E-state index in [-0.39, 0.29) is 51.7 Å². The second-order valence-corrected chi connectivity index (χ2v) is 3.24. The maximum atomic E-state index is 10.9. The van der Waals surface area contributed by atoms with E-state index in [0.717, 1.165) is 0 Å². The van der Waals surface area contributed by atoms with Crippen LogP contribution < -0.4 is 0 Å². The second kappa shape index (κ2) is 6.72. The Kier molecular flexibility index (Phi) is 8.84. The van der Waals surface area contributed by atoms with Gasteiger partial charge in [-0.3, -0.25) is 4.52 Å². The van der Waals surface area contributed by atoms with Gasteiger partial charge >= 0.3 is 7.82 Å². The summed E-state index contributed by atoms with van der Waals surface area (Å²) in [6, 6.07) is 0. The normalized spacial score (nSPS) is 30.2. The van der Waals surface area contributed by atoms with Crippen molar-refractivity contribution >= 4 is 7.82 Å². The topological polar surface area (TPSA) is 65.0 Å². The van der Waals surface area contributed by atoms with Gasteiger partial charge < -0.3 is 14.2 Å². The molecule has 78 valence electrons. The number of rotatable bonds is 1. The molecule has 1 N–H and O–H groups in total. The van der Waals surface area contributed by atoms with Crippen molar-refractivity contribution in [3.8, 4) is 0 Å². The fourth-order valence-corrected chi connectivity index (χ4v) is 1.26. The summed E-state index contributed by atoms with van der Waals surface area (Å²) in [6.45, 7) is 1.17. The Morgan fingerprint density at radius 2 is 2.25 bits per heavy atom. The monoisotopic (exact) mass is 372 g/mol. The number of phosphoric ester groups is 1. The second-order valence-electron chi connectivity index (χ2n) is 1.59. The summed E-state index contributed by atoms with van der Waals surface area (Å²) in [5.41, 5.74) is 0. The molecule has 0 amide bonds. The molecule has 1 atom stereocenters. The van der Waals surface area contributed by atoms with Crippen LogP contribution in [0.3, 0.4) is 0 Å². The van der Waals surface area contributed by atoms with E-state index >= 15 is 0 Å². The van der Waals surface area contributed by atoms with Crippen LogP contribution in [0, 0.1) is 12.9 Å². The summed E-state index contributed by atoms with van der Waals surface area (Å²) in [4.78, 5) is 0. The van der Waals surface area contributed by atoms with Crippen LogP contribution >= 0.6 is 7.82 Å². The molecule has 1 fully saturated rings. The average molecular weight is 372 g/mol. The summed E-state index contributed by atoms with van der Waals surface area (Å²) in [6.07, 6.45) is -0.232. The van der Waals surface area contributed by atoms with Crippen LogP contribution in [0.15, 0.2) is 0 Å². The molecule has 12 heavy (non-hydrogen) atoms. The van der Waals surface area contributed by atoms with Gasteiger partial charge in [0.15, 0.2) is 0 Å². The molecule has 0 aromatic heterocycles. The molecule has 2 radical (unpaired) electrons. The number of hydrogen-bond acceptors (Lipinski definition) is 5. The molecule has 1 unspecified atom stereocenters. The van der Waals surface area contributed by atoms with Gasteiger partial charge in [0.1, 0.15) is 0 Å². The quantitative estimate of drug-likeness (QED) is 0.426. The third-order valence-electron chi connectivity index (χ3n) is 0.902. The first kappa shape index (κ1) is 15.8. The number of aliphatic hydroxyl groups excluding tert-OH is 1. The first-order valence-corrected chi connectivity index (χ1v) is 4.02. The van der Waals surface area contributed by atoms with Gasteiger partial charge in [-0.2, -0.15) is 0 Å². The minimum atomic E-state index is -3.49. The Labute approximate surface area is 96.3 Å². The van der Waals surface area contributed by atoms with E-state index in [9.17, 15) is 4.57 Å². The van der Waals surface area contributed by atoms with E-state index in [1.807, 2.05) is 0 Å². The maximum Gasteiger partial charge on any atom is 0.415 e. The SMILES string of the molecule is COP1(=O)O[CH-]C[C-](O)O1.[Rh].[Rh]. The van der Waals surface area contributed by atoms with Crippen LogP contribution in [0.4, 0.5) is 0 Å². The first-order chi connectivity index (χ1) is 4.66. The molecule has 1 rings (SSSR count). The predicted octanol–water partition coefficient (Wildman–Crippen LogP) is 1.20. The van der Waals surface area contributed by atoms with Gasteiger partial charge in [-0.25, -0.2) is 17.6 Å². The molecular weight excluding hydrogens is 365 g/mol. The summed E-state index contributed by atoms with van der Waals surface area (Å²) >= 11 is 0. The van der Waals surface area contributed by atoms with Crippen molar-refractivity contribution in [2.24, 2.45) is 0 Å². The van der Waals surface area contributed by atoms with Crippen molar-refractivity contribution in [2.75, 3.05) is 7.11 Å². The standard InChI is InChI=1S/C4H7O5P.2Rh/c1-7-10(6)8-3-2-4(5)9-10;;/h3,5H,2H2,1H3;;/q-2;;. The van der Waals surface area contributed by atoms with Gasteiger partial charge in [0.05, 0.1) is 0 Å². The van der Waals surface area contributed by atoms with E-state index < -0.39 is 7.82 Å². The molecule has 1 aliphatic heterocycles. The van der Waals surface area contributed by atoms with E-state index in [2.05, 4.69) is 13.6 Å². The Morgan fingerprint density at radius 3 is 2.58 bits per heavy atom. The van der Waals surface area contributed by atoms with Crippen molar-refractivity contribution in [1.29, 1.82) is 0 Å². The van der Waals surface area contributed by atoms with Gasteiger partial charge in [-0.1, -0.05) is 0 Å². The van der Waals surface area contributed by atoms with Gasteiger partial charge in [0.2, 0.25) is 0 Å². The van der Waals surface area contributed by atoms with E-state index in [1.54, 1.807) is 0 Å². The maximum absolute atomic E-state index is 10.9. The molecular formula is C4H7O5PRh2-2. The first-order valence-electron chi connectivity index (χ1n) is 2.56. The average Bonchev–Trinajstić information content (AvgIpc) is 1.88. The van der Waals surface area contributed by atoms with Crippen LogP contribution in [0.2, 0.25) is 0 Å². The third kappa shape index (κ3) is 4.52. The summed E-state index contributed by atoms with van der Waals surface area (Å²) < 4.78 is 24.1. The minimum Gasteiger partial charge on any atom is -0.537 e. The number of aliphatic hydroxyl groups is 1. The summed E-state index contributed by atoms with van der Waals surface area (Å²) in [5, 5.41) is 8.71. The zero-order chi connectivity index (χ0) is 7.61. The third-order valence-corrected chi connectivity index (χ3v) is 2.19. The molecule has 0 bridgehead atoms. The van der Waals surface area contributed by atoms with Gasteiger partial charge in [0, 0.05) is 46.1 Å². The summed E-state index contributed by atoms with van der Waals surface area (Å²) in [5.74, 6) is 0. The van der Waals surface area contributed by atoms with Gasteiger partial charge in [-0.05, 0) is 0 Å². The van der Waals surface area contributed by atoms with Crippen molar-refractivity contribution in [3.05, 3.63) is 12.9 Å². The fourth-order valence-electron chi connectivity index (χ4n) is 0.468. The van der Waals surface area contributed by atoms with Gasteiger partial charge in [-0.15, -0.1) is 6.29 Å². The Bertz CT molecular complexity index is 166. The van der Waals surface area contributed by atoms with Crippen LogP contribution in [-0.2, 0) is 57.1 Å². The van der Waals surface area contributed by atoms with Crippen molar-refractivity contribution in [2.45, 2.75) is 6.42 Å². The Morgan fingerprint density at radius 1 is 1.67 bits per heavy atom. The molecule has 5 nitrogen and oxygen atoms in total. The van der Waals surface area contributed by atoms with E-state index in [4.69, 9.17) is 5.11 Å². The Balaban J connectivity index is 0. The number of phosphoric acid groups is 1. The zero-order valence-corrected chi connectivity index (χ0v) is 10.2. The van der Waals surface area contributed by atoms with E-state index in [1.165, 1.54) is 13.7 Å². The molecule has 0 aromatic carbocycles. The molecule has 0 spiro atoms. The fraction of sp³-hybridized carbons (Fsp3) is 0.500. The van der Waals surface area contributed by atoms with Crippen LogP contribution in [-0.4, -0.2) is 12.2 Å². The zero-order valence-electron chi connectivity index (χ0n) is 5.98. The molecule has 0 aliphatic carbocycles. The van der Waals surface area contributed by atoms with Crippen molar-refractivity contribution in [3.63, 3.8) is 0 Å². The molecule has 1 saturated heterocycles. The molecule has 1 heterocycles. The van der Waals surface area contributed by atoms with Crippen molar-refractivity contribution < 1.29 is 62.2 Å². The van der Waals surface area contributed by atoms with Crippen molar-refractivity contribution in [1.82, 2.24) is 0 Å². The van der Waals surface area contributed by atoms with Crippen LogP contribution in [0.5, 0.6) is 0 Å². The minimum absolute atomic E-state index is 0. The van der Waals surface area contributed by atoms with Crippen LogP contribution in [0.25, 0.3) is 0 Å². The summed E-state index contributed by atoms with van der Waals surface area (Å²) in [7, 11) is -2.32. The molecule has 8 heteroatoms. The number of hydrogen-bond donors (Lipinski definition) is 1. The van der Waals surface area contributed by atoms with Gasteiger partial charge in [0.25, 0.3) is 0 Å². The predicted molar refractivity (Wildman–Crippen MR) is 30.9 cm³/mol. The Hall–Kier alpha value is 1.32. The molecule has 0 aromatic rings. The van der Waals surface area contributed by atoms with Crippen LogP contribution in [0.1, 0.15) is 6.42 Å². The molecule has 1 aliphatic rings.